The number of carbonyl (C=O) groups excluding carboxylic acids is 2. The molecule has 0 N–H and O–H groups in total. The molecule has 0 aliphatic carbocycles. The zero-order valence-corrected chi connectivity index (χ0v) is 31.0. The average Bonchev–Trinajstić information content (AvgIpc) is 3.23. The molecule has 9 rings (SSSR count). The molecule has 56 heavy (non-hydrogen) atoms. The Kier molecular flexibility index (Phi) is 9.53. The Labute approximate surface area is 322 Å². The molecule has 0 aliphatic rings. The molecule has 0 radical (unpaired) electrons. The van der Waals surface area contributed by atoms with Crippen LogP contribution in [0.15, 0.2) is 133 Å². The van der Waals surface area contributed by atoms with E-state index in [9.17, 15) is 9.59 Å². The summed E-state index contributed by atoms with van der Waals surface area (Å²) in [6.07, 6.45) is -0.902. The van der Waals surface area contributed by atoms with Crippen LogP contribution in [-0.4, -0.2) is 38.0 Å². The van der Waals surface area contributed by atoms with Gasteiger partial charge < -0.3 is 18.9 Å². The first-order chi connectivity index (χ1) is 27.5. The van der Waals surface area contributed by atoms with Crippen LogP contribution in [0.1, 0.15) is 52.8 Å². The third-order valence-corrected chi connectivity index (χ3v) is 10.3. The van der Waals surface area contributed by atoms with E-state index >= 15 is 0 Å². The van der Waals surface area contributed by atoms with Gasteiger partial charge >= 0.3 is 11.9 Å². The van der Waals surface area contributed by atoms with Crippen molar-refractivity contribution >= 4 is 76.6 Å². The van der Waals surface area contributed by atoms with E-state index in [1.54, 1.807) is 37.3 Å². The van der Waals surface area contributed by atoms with E-state index in [0.29, 0.717) is 12.2 Å². The molecular weight excluding hydrogens is 705 g/mol. The maximum Gasteiger partial charge on any atom is 0.342 e. The summed E-state index contributed by atoms with van der Waals surface area (Å²) in [4.78, 5) is 38.2. The van der Waals surface area contributed by atoms with Gasteiger partial charge in [0.1, 0.15) is 24.0 Å². The number of rotatable bonds is 14. The van der Waals surface area contributed by atoms with Crippen molar-refractivity contribution in [3.05, 3.63) is 150 Å². The predicted molar refractivity (Wildman–Crippen MR) is 219 cm³/mol. The maximum atomic E-state index is 13.4. The lowest BCUT2D eigenvalue weighted by molar-refractivity contribution is -0.389. The van der Waals surface area contributed by atoms with E-state index in [4.69, 9.17) is 28.7 Å². The van der Waals surface area contributed by atoms with Crippen LogP contribution >= 0.6 is 0 Å². The van der Waals surface area contributed by atoms with Crippen LogP contribution in [0.25, 0.3) is 64.6 Å². The van der Waals surface area contributed by atoms with Gasteiger partial charge in [0.2, 0.25) is 6.29 Å². The highest BCUT2D eigenvalue weighted by atomic mass is 17.2. The van der Waals surface area contributed by atoms with Crippen LogP contribution in [0.4, 0.5) is 0 Å². The van der Waals surface area contributed by atoms with E-state index in [1.165, 1.54) is 5.39 Å². The number of benzene rings is 9. The second-order valence-corrected chi connectivity index (χ2v) is 14.0. The Morgan fingerprint density at radius 1 is 0.571 bits per heavy atom. The van der Waals surface area contributed by atoms with E-state index in [0.717, 1.165) is 71.2 Å². The van der Waals surface area contributed by atoms with Crippen molar-refractivity contribution < 1.29 is 38.3 Å². The zero-order chi connectivity index (χ0) is 38.2. The predicted octanol–water partition coefficient (Wildman–Crippen LogP) is 11.3. The molecule has 0 heterocycles. The normalized spacial score (nSPS) is 13.0. The van der Waals surface area contributed by atoms with Crippen molar-refractivity contribution in [3.63, 3.8) is 0 Å². The maximum absolute atomic E-state index is 13.4. The molecule has 0 saturated heterocycles. The van der Waals surface area contributed by atoms with Crippen LogP contribution in [0.5, 0.6) is 5.75 Å². The van der Waals surface area contributed by atoms with Gasteiger partial charge in [-0.3, -0.25) is 0 Å². The third-order valence-electron chi connectivity index (χ3n) is 10.3. The lowest BCUT2D eigenvalue weighted by Gasteiger charge is -2.21. The Morgan fingerprint density at radius 2 is 1.14 bits per heavy atom. The summed E-state index contributed by atoms with van der Waals surface area (Å²) >= 11 is 0. The van der Waals surface area contributed by atoms with E-state index in [1.807, 2.05) is 37.3 Å². The minimum atomic E-state index is -0.923. The summed E-state index contributed by atoms with van der Waals surface area (Å²) in [6, 6.07) is 43.6. The number of esters is 2. The monoisotopic (exact) mass is 742 g/mol. The van der Waals surface area contributed by atoms with Crippen molar-refractivity contribution in [1.29, 1.82) is 0 Å². The van der Waals surface area contributed by atoms with E-state index in [2.05, 4.69) is 72.8 Å². The molecule has 0 aliphatic heterocycles. The Morgan fingerprint density at radius 3 is 1.82 bits per heavy atom. The van der Waals surface area contributed by atoms with Crippen molar-refractivity contribution in [2.75, 3.05) is 20.0 Å². The summed E-state index contributed by atoms with van der Waals surface area (Å²) in [5, 5.41) is 12.9. The fourth-order valence-electron chi connectivity index (χ4n) is 7.71. The standard InChI is InChI=1S/C48H38O8/c1-3-26-54-56-48(39-25-21-35-17-15-31-9-7-11-33-19-23-37(39)45(35)43(31)33)53-28-52-41-13-5-4-12-40(41)47(50)55-29(2)27-51-46(49)38-24-20-34-16-14-30-8-6-10-32-18-22-36(38)44(34)42(30)32/h4-25,29,48H,3,26-28H2,1-2H3. The summed E-state index contributed by atoms with van der Waals surface area (Å²) < 4.78 is 23.6. The molecule has 0 saturated carbocycles. The van der Waals surface area contributed by atoms with Gasteiger partial charge in [0, 0.05) is 5.56 Å². The quantitative estimate of drug-likeness (QED) is 0.0272. The minimum Gasteiger partial charge on any atom is -0.467 e. The van der Waals surface area contributed by atoms with Gasteiger partial charge in [-0.15, -0.1) is 0 Å². The van der Waals surface area contributed by atoms with Crippen molar-refractivity contribution in [2.24, 2.45) is 0 Å². The van der Waals surface area contributed by atoms with Crippen LogP contribution in [0, 0.1) is 0 Å². The number of ether oxygens (including phenoxy) is 4. The van der Waals surface area contributed by atoms with E-state index in [-0.39, 0.29) is 24.7 Å². The fourth-order valence-corrected chi connectivity index (χ4v) is 7.71. The molecule has 8 heteroatoms. The topological polar surface area (TPSA) is 89.5 Å². The second-order valence-electron chi connectivity index (χ2n) is 14.0. The van der Waals surface area contributed by atoms with Gasteiger partial charge in [-0.25, -0.2) is 14.5 Å². The highest BCUT2D eigenvalue weighted by molar-refractivity contribution is 6.26. The van der Waals surface area contributed by atoms with Gasteiger partial charge in [-0.1, -0.05) is 122 Å². The van der Waals surface area contributed by atoms with Crippen LogP contribution < -0.4 is 4.74 Å². The second kappa shape index (κ2) is 15.1. The van der Waals surface area contributed by atoms with Crippen LogP contribution in [0.2, 0.25) is 0 Å². The zero-order valence-electron chi connectivity index (χ0n) is 31.0. The number of hydrogen-bond acceptors (Lipinski definition) is 8. The number of carbonyl (C=O) groups is 2. The highest BCUT2D eigenvalue weighted by Crippen LogP contribution is 2.39. The third kappa shape index (κ3) is 6.47. The highest BCUT2D eigenvalue weighted by Gasteiger charge is 2.23. The molecule has 2 unspecified atom stereocenters. The fraction of sp³-hybridized carbons (Fsp3) is 0.167. The Bertz CT molecular complexity index is 2830. The molecular formula is C48H38O8. The molecule has 2 atom stereocenters. The molecule has 0 fully saturated rings. The van der Waals surface area contributed by atoms with Crippen molar-refractivity contribution in [2.45, 2.75) is 32.7 Å². The first-order valence-electron chi connectivity index (χ1n) is 18.8. The largest absolute Gasteiger partial charge is 0.467 e. The summed E-state index contributed by atoms with van der Waals surface area (Å²) in [5.41, 5.74) is 1.44. The SMILES string of the molecule is CCCOOC(OCOc1ccccc1C(=O)OC(C)COC(=O)c1ccc2ccc3cccc4ccc1c2c34)c1ccc2ccc3cccc4ccc1c2c34. The first-order valence-corrected chi connectivity index (χ1v) is 18.8. The molecule has 9 aromatic carbocycles. The molecule has 8 nitrogen and oxygen atoms in total. The molecule has 0 spiro atoms. The van der Waals surface area contributed by atoms with Crippen LogP contribution in [-0.2, 0) is 24.0 Å². The van der Waals surface area contributed by atoms with Crippen molar-refractivity contribution in [3.8, 4) is 5.75 Å². The van der Waals surface area contributed by atoms with Crippen molar-refractivity contribution in [1.82, 2.24) is 0 Å². The summed E-state index contributed by atoms with van der Waals surface area (Å²) in [7, 11) is 0. The smallest absolute Gasteiger partial charge is 0.342 e. The van der Waals surface area contributed by atoms with Gasteiger partial charge in [0.05, 0.1) is 12.2 Å². The average molecular weight is 743 g/mol. The lowest BCUT2D eigenvalue weighted by Crippen LogP contribution is -2.23. The number of para-hydroxylation sites is 1. The van der Waals surface area contributed by atoms with Gasteiger partial charge in [-0.2, -0.15) is 4.89 Å². The summed E-state index contributed by atoms with van der Waals surface area (Å²) in [5.74, 6) is -0.854. The summed E-state index contributed by atoms with van der Waals surface area (Å²) in [6.45, 7) is 3.67. The first kappa shape index (κ1) is 35.4. The van der Waals surface area contributed by atoms with E-state index < -0.39 is 24.3 Å². The molecule has 9 aromatic rings. The van der Waals surface area contributed by atoms with Gasteiger partial charge in [-0.05, 0) is 96.2 Å². The lowest BCUT2D eigenvalue weighted by atomic mass is 9.92. The Hall–Kier alpha value is -6.32. The number of hydrogen-bond donors (Lipinski definition) is 0. The van der Waals surface area contributed by atoms with Gasteiger partial charge in [0.15, 0.2) is 6.79 Å². The minimum absolute atomic E-state index is 0.130. The van der Waals surface area contributed by atoms with Gasteiger partial charge in [0.25, 0.3) is 0 Å². The molecule has 278 valence electrons. The van der Waals surface area contributed by atoms with Crippen LogP contribution in [0.3, 0.4) is 0 Å². The molecule has 0 aromatic heterocycles. The molecule has 0 bridgehead atoms. The Balaban J connectivity index is 0.876. The molecule has 0 amide bonds.